The van der Waals surface area contributed by atoms with E-state index in [9.17, 15) is 4.79 Å². The van der Waals surface area contributed by atoms with Crippen LogP contribution in [0.4, 0.5) is 4.79 Å². The highest BCUT2D eigenvalue weighted by atomic mass is 16.6. The number of ether oxygens (including phenoxy) is 1. The van der Waals surface area contributed by atoms with Crippen LogP contribution in [0.3, 0.4) is 0 Å². The largest absolute Gasteiger partial charge is 0.444 e. The molecular weight excluding hydrogens is 254 g/mol. The molecule has 1 aliphatic heterocycles. The number of carbonyl (C=O) groups is 1. The Bertz CT molecular complexity index is 504. The van der Waals surface area contributed by atoms with Gasteiger partial charge in [0.2, 0.25) is 0 Å². The number of alkyl carbamates (subject to hydrolysis) is 1. The summed E-state index contributed by atoms with van der Waals surface area (Å²) in [6.07, 6.45) is 4.72. The number of rotatable bonds is 5. The third-order valence-electron chi connectivity index (χ3n) is 4.18. The zero-order chi connectivity index (χ0) is 13.9. The molecule has 0 saturated carbocycles. The molecule has 0 aromatic carbocycles. The van der Waals surface area contributed by atoms with Crippen molar-refractivity contribution in [2.24, 2.45) is 5.92 Å². The Balaban J connectivity index is 1.39. The van der Waals surface area contributed by atoms with E-state index in [0.717, 1.165) is 32.4 Å². The zero-order valence-electron chi connectivity index (χ0n) is 11.8. The van der Waals surface area contributed by atoms with E-state index in [4.69, 9.17) is 4.74 Å². The molecule has 108 valence electrons. The van der Waals surface area contributed by atoms with Crippen molar-refractivity contribution in [3.8, 4) is 0 Å². The van der Waals surface area contributed by atoms with Crippen molar-refractivity contribution >= 4 is 6.09 Å². The van der Waals surface area contributed by atoms with Gasteiger partial charge in [0.1, 0.15) is 6.10 Å². The molecule has 2 unspecified atom stereocenters. The standard InChI is InChI=1S/C15H21N3O2/c1-10-2-5-17-14-7-11(6-13(10)14)8-16-4-3-12-9-18-15(19)20-12/h2,5,11-12,16H,3-4,6-9H2,1H3,(H,18,19). The summed E-state index contributed by atoms with van der Waals surface area (Å²) in [7, 11) is 0. The van der Waals surface area contributed by atoms with E-state index in [0.29, 0.717) is 12.5 Å². The molecule has 1 aromatic heterocycles. The number of hydrogen-bond donors (Lipinski definition) is 2. The lowest BCUT2D eigenvalue weighted by Crippen LogP contribution is -2.27. The fourth-order valence-electron chi connectivity index (χ4n) is 3.04. The van der Waals surface area contributed by atoms with Gasteiger partial charge in [-0.25, -0.2) is 4.79 Å². The van der Waals surface area contributed by atoms with Crippen molar-refractivity contribution in [3.05, 3.63) is 29.1 Å². The summed E-state index contributed by atoms with van der Waals surface area (Å²) in [5.41, 5.74) is 4.07. The molecule has 0 spiro atoms. The predicted molar refractivity (Wildman–Crippen MR) is 75.6 cm³/mol. The number of aromatic nitrogens is 1. The lowest BCUT2D eigenvalue weighted by molar-refractivity contribution is 0.135. The molecule has 3 rings (SSSR count). The molecule has 0 bridgehead atoms. The van der Waals surface area contributed by atoms with Gasteiger partial charge < -0.3 is 15.4 Å². The molecule has 1 aromatic rings. The maximum Gasteiger partial charge on any atom is 0.407 e. The Hall–Kier alpha value is -1.62. The summed E-state index contributed by atoms with van der Waals surface area (Å²) in [6, 6.07) is 2.09. The maximum atomic E-state index is 10.9. The lowest BCUT2D eigenvalue weighted by atomic mass is 10.1. The van der Waals surface area contributed by atoms with Crippen molar-refractivity contribution in [1.82, 2.24) is 15.6 Å². The van der Waals surface area contributed by atoms with Crippen LogP contribution >= 0.6 is 0 Å². The summed E-state index contributed by atoms with van der Waals surface area (Å²) in [6.45, 7) is 4.69. The van der Waals surface area contributed by atoms with Gasteiger partial charge in [0.05, 0.1) is 6.54 Å². The number of amides is 1. The van der Waals surface area contributed by atoms with Crippen LogP contribution in [0.25, 0.3) is 0 Å². The van der Waals surface area contributed by atoms with E-state index in [-0.39, 0.29) is 12.2 Å². The van der Waals surface area contributed by atoms with Gasteiger partial charge >= 0.3 is 6.09 Å². The molecular formula is C15H21N3O2. The number of cyclic esters (lactones) is 1. The zero-order valence-corrected chi connectivity index (χ0v) is 11.8. The molecule has 2 heterocycles. The van der Waals surface area contributed by atoms with Crippen LogP contribution in [0.5, 0.6) is 0 Å². The van der Waals surface area contributed by atoms with Gasteiger partial charge in [-0.3, -0.25) is 4.98 Å². The highest BCUT2D eigenvalue weighted by Crippen LogP contribution is 2.26. The van der Waals surface area contributed by atoms with E-state index in [1.54, 1.807) is 0 Å². The molecule has 2 aliphatic rings. The van der Waals surface area contributed by atoms with Gasteiger partial charge in [0.15, 0.2) is 0 Å². The minimum Gasteiger partial charge on any atom is -0.444 e. The fourth-order valence-corrected chi connectivity index (χ4v) is 3.04. The predicted octanol–water partition coefficient (Wildman–Crippen LogP) is 1.19. The van der Waals surface area contributed by atoms with Gasteiger partial charge in [0, 0.05) is 11.9 Å². The number of hydrogen-bond acceptors (Lipinski definition) is 4. The third kappa shape index (κ3) is 2.93. The summed E-state index contributed by atoms with van der Waals surface area (Å²) in [4.78, 5) is 15.4. The first kappa shape index (κ1) is 13.4. The molecule has 0 radical (unpaired) electrons. The Labute approximate surface area is 119 Å². The van der Waals surface area contributed by atoms with Crippen LogP contribution in [-0.2, 0) is 17.6 Å². The summed E-state index contributed by atoms with van der Waals surface area (Å²) in [5, 5.41) is 6.15. The first-order chi connectivity index (χ1) is 9.72. The smallest absolute Gasteiger partial charge is 0.407 e. The Morgan fingerprint density at radius 2 is 2.40 bits per heavy atom. The van der Waals surface area contributed by atoms with Crippen molar-refractivity contribution in [2.75, 3.05) is 19.6 Å². The molecule has 1 fully saturated rings. The van der Waals surface area contributed by atoms with Crippen LogP contribution in [0, 0.1) is 12.8 Å². The first-order valence-electron chi connectivity index (χ1n) is 7.31. The molecule has 1 amide bonds. The van der Waals surface area contributed by atoms with Gasteiger partial charge in [0.25, 0.3) is 0 Å². The van der Waals surface area contributed by atoms with Gasteiger partial charge in [-0.15, -0.1) is 0 Å². The average molecular weight is 275 g/mol. The third-order valence-corrected chi connectivity index (χ3v) is 4.18. The summed E-state index contributed by atoms with van der Waals surface area (Å²) >= 11 is 0. The maximum absolute atomic E-state index is 10.9. The second kappa shape index (κ2) is 5.79. The Kier molecular flexibility index (Phi) is 3.87. The quantitative estimate of drug-likeness (QED) is 0.792. The second-order valence-corrected chi connectivity index (χ2v) is 5.73. The van der Waals surface area contributed by atoms with Crippen LogP contribution < -0.4 is 10.6 Å². The number of pyridine rings is 1. The number of fused-ring (bicyclic) bond motifs is 1. The number of nitrogens with zero attached hydrogens (tertiary/aromatic N) is 1. The molecule has 1 saturated heterocycles. The van der Waals surface area contributed by atoms with E-state index < -0.39 is 0 Å². The highest BCUT2D eigenvalue weighted by molar-refractivity contribution is 5.69. The van der Waals surface area contributed by atoms with Crippen LogP contribution in [-0.4, -0.2) is 36.8 Å². The average Bonchev–Trinajstić information content (AvgIpc) is 3.02. The van der Waals surface area contributed by atoms with Gasteiger partial charge in [-0.1, -0.05) is 0 Å². The Morgan fingerprint density at radius 3 is 3.15 bits per heavy atom. The Morgan fingerprint density at radius 1 is 1.50 bits per heavy atom. The molecule has 2 N–H and O–H groups in total. The lowest BCUT2D eigenvalue weighted by Gasteiger charge is -2.12. The van der Waals surface area contributed by atoms with E-state index in [1.165, 1.54) is 16.8 Å². The highest BCUT2D eigenvalue weighted by Gasteiger charge is 2.24. The topological polar surface area (TPSA) is 63.2 Å². The molecule has 5 nitrogen and oxygen atoms in total. The second-order valence-electron chi connectivity index (χ2n) is 5.73. The normalized spacial score (nSPS) is 24.4. The molecule has 5 heteroatoms. The van der Waals surface area contributed by atoms with E-state index in [2.05, 4.69) is 28.6 Å². The van der Waals surface area contributed by atoms with E-state index in [1.807, 2.05) is 6.20 Å². The van der Waals surface area contributed by atoms with Crippen LogP contribution in [0.15, 0.2) is 12.3 Å². The number of nitrogens with one attached hydrogen (secondary N) is 2. The fraction of sp³-hybridized carbons (Fsp3) is 0.600. The monoisotopic (exact) mass is 275 g/mol. The van der Waals surface area contributed by atoms with Crippen molar-refractivity contribution in [3.63, 3.8) is 0 Å². The minimum absolute atomic E-state index is 0.0275. The molecule has 2 atom stereocenters. The summed E-state index contributed by atoms with van der Waals surface area (Å²) in [5.74, 6) is 0.642. The van der Waals surface area contributed by atoms with Crippen molar-refractivity contribution in [1.29, 1.82) is 0 Å². The van der Waals surface area contributed by atoms with Gasteiger partial charge in [-0.05, 0) is 62.4 Å². The number of carbonyl (C=O) groups excluding carboxylic acids is 1. The first-order valence-corrected chi connectivity index (χ1v) is 7.31. The van der Waals surface area contributed by atoms with Gasteiger partial charge in [-0.2, -0.15) is 0 Å². The van der Waals surface area contributed by atoms with Crippen molar-refractivity contribution < 1.29 is 9.53 Å². The number of aryl methyl sites for hydroxylation is 1. The summed E-state index contributed by atoms with van der Waals surface area (Å²) < 4.78 is 5.10. The van der Waals surface area contributed by atoms with Crippen molar-refractivity contribution in [2.45, 2.75) is 32.3 Å². The van der Waals surface area contributed by atoms with Crippen LogP contribution in [0.2, 0.25) is 0 Å². The SMILES string of the molecule is Cc1ccnc2c1CC(CNCCC1CNC(=O)O1)C2. The molecule has 1 aliphatic carbocycles. The van der Waals surface area contributed by atoms with E-state index >= 15 is 0 Å². The molecule has 20 heavy (non-hydrogen) atoms. The van der Waals surface area contributed by atoms with Crippen LogP contribution in [0.1, 0.15) is 23.2 Å². The minimum atomic E-state index is -0.289.